The highest BCUT2D eigenvalue weighted by atomic mass is 16.5. The van der Waals surface area contributed by atoms with Crippen LogP contribution in [0.15, 0.2) is 63.0 Å². The first kappa shape index (κ1) is 33.3. The third kappa shape index (κ3) is 9.65. The van der Waals surface area contributed by atoms with Gasteiger partial charge in [0.25, 0.3) is 5.91 Å². The second kappa shape index (κ2) is 18.3. The molecule has 11 nitrogen and oxygen atoms in total. The second-order valence-corrected chi connectivity index (χ2v) is 9.89. The SMILES string of the molecule is CCCc1c(C(=O)N(CC/C(C=NCCOCCOC)=N/N)C(CC)Nc2ccccc2CNC=O)oc2ccccc12. The fraction of sp³-hybridized carbons (Fsp3) is 0.438. The van der Waals surface area contributed by atoms with E-state index in [-0.39, 0.29) is 5.91 Å². The van der Waals surface area contributed by atoms with Crippen LogP contribution in [0, 0.1) is 0 Å². The lowest BCUT2D eigenvalue weighted by molar-refractivity contribution is -0.109. The fourth-order valence-corrected chi connectivity index (χ4v) is 4.77. The van der Waals surface area contributed by atoms with Crippen molar-refractivity contribution in [3.05, 3.63) is 65.4 Å². The van der Waals surface area contributed by atoms with Gasteiger partial charge < -0.3 is 35.3 Å². The van der Waals surface area contributed by atoms with Gasteiger partial charge in [0, 0.05) is 49.5 Å². The quantitative estimate of drug-likeness (QED) is 0.0442. The molecule has 0 saturated heterocycles. The molecule has 0 bridgehead atoms. The number of para-hydroxylation sites is 2. The van der Waals surface area contributed by atoms with Gasteiger partial charge in [0.2, 0.25) is 6.41 Å². The largest absolute Gasteiger partial charge is 0.451 e. The predicted molar refractivity (Wildman–Crippen MR) is 171 cm³/mol. The number of aliphatic imine (C=N–C) groups is 1. The van der Waals surface area contributed by atoms with Gasteiger partial charge in [-0.1, -0.05) is 56.7 Å². The van der Waals surface area contributed by atoms with Crippen LogP contribution in [0.1, 0.15) is 54.8 Å². The van der Waals surface area contributed by atoms with Crippen LogP contribution in [-0.4, -0.2) is 75.3 Å². The third-order valence-corrected chi connectivity index (χ3v) is 6.94. The van der Waals surface area contributed by atoms with Crippen molar-refractivity contribution < 1.29 is 23.5 Å². The molecule has 2 amide bonds. The van der Waals surface area contributed by atoms with Crippen LogP contribution in [0.4, 0.5) is 5.69 Å². The zero-order valence-corrected chi connectivity index (χ0v) is 25.4. The Morgan fingerprint density at radius 1 is 1.12 bits per heavy atom. The van der Waals surface area contributed by atoms with Crippen molar-refractivity contribution in [2.45, 2.75) is 52.2 Å². The summed E-state index contributed by atoms with van der Waals surface area (Å²) in [6.07, 6.45) is 4.47. The van der Waals surface area contributed by atoms with Crippen LogP contribution < -0.4 is 16.5 Å². The number of hydrogen-bond donors (Lipinski definition) is 3. The summed E-state index contributed by atoms with van der Waals surface area (Å²) < 4.78 is 16.6. The molecule has 4 N–H and O–H groups in total. The summed E-state index contributed by atoms with van der Waals surface area (Å²) in [7, 11) is 1.63. The lowest BCUT2D eigenvalue weighted by Gasteiger charge is -2.33. The van der Waals surface area contributed by atoms with Crippen molar-refractivity contribution in [3.8, 4) is 0 Å². The molecule has 0 radical (unpaired) electrons. The number of rotatable bonds is 20. The summed E-state index contributed by atoms with van der Waals surface area (Å²) in [6.45, 7) is 6.70. The number of ether oxygens (including phenoxy) is 2. The van der Waals surface area contributed by atoms with E-state index in [9.17, 15) is 9.59 Å². The number of amides is 2. The fourth-order valence-electron chi connectivity index (χ4n) is 4.77. The van der Waals surface area contributed by atoms with Crippen LogP contribution in [0.3, 0.4) is 0 Å². The van der Waals surface area contributed by atoms with Crippen LogP contribution in [0.5, 0.6) is 0 Å². The number of anilines is 1. The van der Waals surface area contributed by atoms with E-state index in [0.29, 0.717) is 82.2 Å². The summed E-state index contributed by atoms with van der Waals surface area (Å²) >= 11 is 0. The molecule has 3 rings (SSSR count). The first-order valence-corrected chi connectivity index (χ1v) is 14.7. The molecule has 0 saturated carbocycles. The maximum Gasteiger partial charge on any atom is 0.291 e. The third-order valence-electron chi connectivity index (χ3n) is 6.94. The number of hydrogen-bond acceptors (Lipinski definition) is 9. The summed E-state index contributed by atoms with van der Waals surface area (Å²) in [5.41, 5.74) is 3.87. The minimum atomic E-state index is -0.391. The molecule has 0 spiro atoms. The number of furan rings is 1. The maximum atomic E-state index is 14.3. The van der Waals surface area contributed by atoms with E-state index in [1.54, 1.807) is 18.2 Å². The zero-order chi connectivity index (χ0) is 30.9. The normalized spacial score (nSPS) is 12.5. The molecule has 1 heterocycles. The van der Waals surface area contributed by atoms with Crippen LogP contribution in [0.25, 0.3) is 11.0 Å². The molecule has 0 aliphatic rings. The van der Waals surface area contributed by atoms with Crippen molar-refractivity contribution >= 4 is 40.9 Å². The van der Waals surface area contributed by atoms with Gasteiger partial charge in [0.05, 0.1) is 32.1 Å². The molecule has 1 unspecified atom stereocenters. The molecule has 0 aliphatic carbocycles. The van der Waals surface area contributed by atoms with Crippen molar-refractivity contribution in [1.82, 2.24) is 10.2 Å². The Hall–Kier alpha value is -4.22. The van der Waals surface area contributed by atoms with Gasteiger partial charge in [0.1, 0.15) is 11.7 Å². The van der Waals surface area contributed by atoms with Gasteiger partial charge in [-0.15, -0.1) is 0 Å². The first-order valence-electron chi connectivity index (χ1n) is 14.7. The van der Waals surface area contributed by atoms with Gasteiger partial charge in [-0.2, -0.15) is 5.10 Å². The molecule has 1 atom stereocenters. The second-order valence-electron chi connectivity index (χ2n) is 9.89. The molecule has 3 aromatic rings. The highest BCUT2D eigenvalue weighted by Crippen LogP contribution is 2.29. The summed E-state index contributed by atoms with van der Waals surface area (Å²) in [6, 6.07) is 15.4. The molecule has 1 aromatic heterocycles. The number of methoxy groups -OCH3 is 1. The Morgan fingerprint density at radius 2 is 1.91 bits per heavy atom. The Kier molecular flexibility index (Phi) is 14.2. The van der Waals surface area contributed by atoms with Crippen molar-refractivity contribution in [3.63, 3.8) is 0 Å². The minimum absolute atomic E-state index is 0.220. The van der Waals surface area contributed by atoms with E-state index in [0.717, 1.165) is 28.6 Å². The van der Waals surface area contributed by atoms with Crippen molar-refractivity contribution in [1.29, 1.82) is 0 Å². The molecule has 43 heavy (non-hydrogen) atoms. The molecular weight excluding hydrogens is 548 g/mol. The molecule has 2 aromatic carbocycles. The van der Waals surface area contributed by atoms with Crippen molar-refractivity contribution in [2.24, 2.45) is 15.9 Å². The number of nitrogens with zero attached hydrogens (tertiary/aromatic N) is 3. The molecule has 0 aliphatic heterocycles. The molecule has 0 fully saturated rings. The maximum absolute atomic E-state index is 14.3. The van der Waals surface area contributed by atoms with Crippen molar-refractivity contribution in [2.75, 3.05) is 45.3 Å². The number of nitrogens with two attached hydrogens (primary N) is 1. The van der Waals surface area contributed by atoms with Crippen LogP contribution >= 0.6 is 0 Å². The highest BCUT2D eigenvalue weighted by Gasteiger charge is 2.29. The lowest BCUT2D eigenvalue weighted by Crippen LogP contribution is -2.46. The first-order chi connectivity index (χ1) is 21.1. The number of nitrogens with one attached hydrogen (secondary N) is 2. The van der Waals surface area contributed by atoms with E-state index < -0.39 is 6.17 Å². The summed E-state index contributed by atoms with van der Waals surface area (Å²) in [4.78, 5) is 31.5. The monoisotopic (exact) mass is 592 g/mol. The Balaban J connectivity index is 1.89. The number of fused-ring (bicyclic) bond motifs is 1. The van der Waals surface area contributed by atoms with Crippen LogP contribution in [-0.2, 0) is 27.2 Å². The van der Waals surface area contributed by atoms with Crippen LogP contribution in [0.2, 0.25) is 0 Å². The number of carbonyl (C=O) groups is 2. The number of aryl methyl sites for hydroxylation is 1. The molecule has 232 valence electrons. The van der Waals surface area contributed by atoms with E-state index in [1.165, 1.54) is 0 Å². The Labute approximate surface area is 253 Å². The molecular formula is C32H44N6O5. The predicted octanol–water partition coefficient (Wildman–Crippen LogP) is 4.36. The summed E-state index contributed by atoms with van der Waals surface area (Å²) in [5.74, 6) is 5.84. The van der Waals surface area contributed by atoms with E-state index in [1.807, 2.05) is 55.5 Å². The smallest absolute Gasteiger partial charge is 0.291 e. The average Bonchev–Trinajstić information content (AvgIpc) is 3.40. The Morgan fingerprint density at radius 3 is 2.65 bits per heavy atom. The van der Waals surface area contributed by atoms with E-state index in [2.05, 4.69) is 27.7 Å². The van der Waals surface area contributed by atoms with Gasteiger partial charge in [0.15, 0.2) is 5.76 Å². The topological polar surface area (TPSA) is 144 Å². The highest BCUT2D eigenvalue weighted by molar-refractivity contribution is 6.30. The van der Waals surface area contributed by atoms with E-state index in [4.69, 9.17) is 19.7 Å². The summed E-state index contributed by atoms with van der Waals surface area (Å²) in [5, 5.41) is 11.1. The minimum Gasteiger partial charge on any atom is -0.451 e. The Bertz CT molecular complexity index is 1360. The lowest BCUT2D eigenvalue weighted by atomic mass is 10.0. The average molecular weight is 593 g/mol. The molecule has 11 heteroatoms. The van der Waals surface area contributed by atoms with Gasteiger partial charge in [-0.25, -0.2) is 0 Å². The van der Waals surface area contributed by atoms with E-state index >= 15 is 0 Å². The number of carbonyl (C=O) groups excluding carboxylic acids is 2. The van der Waals surface area contributed by atoms with Gasteiger partial charge >= 0.3 is 0 Å². The van der Waals surface area contributed by atoms with Gasteiger partial charge in [-0.05, 0) is 30.5 Å². The number of benzene rings is 2. The standard InChI is InChI=1S/C32H44N6O5/c1-4-10-27-26-12-7-9-14-29(26)43-31(27)32(40)38(17-15-25(37-33)22-34-16-18-42-20-19-41-3)30(5-2)36-28-13-8-6-11-24(28)21-35-23-39/h6-9,11-14,22-23,30,36H,4-5,10,15-21,33H2,1-3H3,(H,35,39)/b34-22?,37-25-. The number of hydrazone groups is 1. The zero-order valence-electron chi connectivity index (χ0n) is 25.4. The van der Waals surface area contributed by atoms with Gasteiger partial charge in [-0.3, -0.25) is 14.6 Å².